The fraction of sp³-hybridized carbons (Fsp3) is 0.238. The first-order valence-electron chi connectivity index (χ1n) is 9.36. The van der Waals surface area contributed by atoms with Crippen molar-refractivity contribution in [1.82, 2.24) is 13.9 Å². The summed E-state index contributed by atoms with van der Waals surface area (Å²) in [5.41, 5.74) is 1.46. The lowest BCUT2D eigenvalue weighted by molar-refractivity contribution is -0.115. The monoisotopic (exact) mass is 517 g/mol. The highest BCUT2D eigenvalue weighted by Crippen LogP contribution is 2.50. The average molecular weight is 517 g/mol. The predicted octanol–water partition coefficient (Wildman–Crippen LogP) is 1.49. The third-order valence-electron chi connectivity index (χ3n) is 6.02. The molecule has 2 heterocycles. The molecule has 0 saturated carbocycles. The number of phenols is 1. The number of rotatable bonds is 1. The molecule has 0 unspecified atom stereocenters. The van der Waals surface area contributed by atoms with Crippen molar-refractivity contribution in [2.24, 2.45) is 7.05 Å². The summed E-state index contributed by atoms with van der Waals surface area (Å²) in [6, 6.07) is 5.95. The molecule has 1 aliphatic heterocycles. The van der Waals surface area contributed by atoms with Crippen molar-refractivity contribution < 1.29 is 14.7 Å². The Bertz CT molecular complexity index is 1350. The van der Waals surface area contributed by atoms with Gasteiger partial charge in [0.1, 0.15) is 5.75 Å². The predicted molar refractivity (Wildman–Crippen MR) is 116 cm³/mol. The summed E-state index contributed by atoms with van der Waals surface area (Å²) in [4.78, 5) is 51.2. The summed E-state index contributed by atoms with van der Waals surface area (Å²) in [6.45, 7) is 0.201. The van der Waals surface area contributed by atoms with E-state index in [4.69, 9.17) is 0 Å². The van der Waals surface area contributed by atoms with E-state index in [1.54, 1.807) is 12.1 Å². The van der Waals surface area contributed by atoms with Crippen LogP contribution < -0.4 is 11.4 Å². The second-order valence-electron chi connectivity index (χ2n) is 7.58. The number of benzene rings is 1. The zero-order chi connectivity index (χ0) is 21.3. The van der Waals surface area contributed by atoms with Crippen molar-refractivity contribution in [2.45, 2.75) is 24.9 Å². The lowest BCUT2D eigenvalue weighted by atomic mass is 9.69. The summed E-state index contributed by atoms with van der Waals surface area (Å²) < 4.78 is 4.16. The van der Waals surface area contributed by atoms with E-state index in [9.17, 15) is 24.3 Å². The van der Waals surface area contributed by atoms with Gasteiger partial charge < -0.3 is 5.11 Å². The maximum atomic E-state index is 13.1. The highest BCUT2D eigenvalue weighted by atomic mass is 127. The fourth-order valence-electron chi connectivity index (χ4n) is 4.62. The van der Waals surface area contributed by atoms with Crippen LogP contribution >= 0.6 is 22.6 Å². The van der Waals surface area contributed by atoms with Crippen molar-refractivity contribution >= 4 is 34.2 Å². The minimum atomic E-state index is -0.543. The molecule has 1 aromatic heterocycles. The van der Waals surface area contributed by atoms with Crippen LogP contribution in [0.15, 0.2) is 66.3 Å². The van der Waals surface area contributed by atoms with Gasteiger partial charge in [-0.05, 0) is 45.9 Å². The van der Waals surface area contributed by atoms with Crippen LogP contribution in [0.4, 0.5) is 0 Å². The van der Waals surface area contributed by atoms with Gasteiger partial charge in [0.15, 0.2) is 11.6 Å². The lowest BCUT2D eigenvalue weighted by Crippen LogP contribution is -2.40. The number of carbonyl (C=O) groups excluding carboxylic acids is 2. The van der Waals surface area contributed by atoms with Crippen molar-refractivity contribution in [3.05, 3.63) is 83.2 Å². The molecular formula is C21H16IN3O5. The zero-order valence-electron chi connectivity index (χ0n) is 15.8. The Hall–Kier alpha value is -2.95. The van der Waals surface area contributed by atoms with Crippen LogP contribution in [0.1, 0.15) is 23.9 Å². The Kier molecular flexibility index (Phi) is 4.14. The largest absolute Gasteiger partial charge is 0.508 e. The molecule has 9 heteroatoms. The number of nitrogens with zero attached hydrogens (tertiary/aromatic N) is 3. The molecule has 30 heavy (non-hydrogen) atoms. The smallest absolute Gasteiger partial charge is 0.347 e. The molecule has 5 rings (SSSR count). The van der Waals surface area contributed by atoms with Crippen LogP contribution in [0.25, 0.3) is 0 Å². The van der Waals surface area contributed by atoms with Gasteiger partial charge in [0.25, 0.3) is 0 Å². The molecule has 0 bridgehead atoms. The van der Waals surface area contributed by atoms with Crippen LogP contribution in [0.5, 0.6) is 5.75 Å². The first-order valence-corrected chi connectivity index (χ1v) is 10.4. The summed E-state index contributed by atoms with van der Waals surface area (Å²) in [5, 5.41) is 9.71. The molecule has 8 nitrogen and oxygen atoms in total. The van der Waals surface area contributed by atoms with Gasteiger partial charge in [0, 0.05) is 36.6 Å². The van der Waals surface area contributed by atoms with E-state index < -0.39 is 23.3 Å². The van der Waals surface area contributed by atoms with E-state index in [2.05, 4.69) is 0 Å². The molecule has 2 aliphatic carbocycles. The second kappa shape index (κ2) is 6.53. The van der Waals surface area contributed by atoms with E-state index in [0.29, 0.717) is 14.7 Å². The molecular weight excluding hydrogens is 501 g/mol. The molecule has 2 aromatic rings. The normalized spacial score (nSPS) is 22.9. The molecule has 0 amide bonds. The summed E-state index contributed by atoms with van der Waals surface area (Å²) in [6.07, 6.45) is 3.37. The maximum absolute atomic E-state index is 13.1. The van der Waals surface area contributed by atoms with Gasteiger partial charge in [-0.2, -0.15) is 0 Å². The molecule has 1 N–H and O–H groups in total. The standard InChI is InChI=1S/C21H16IN3O5/c1-23-20(29)24-7-6-12-15(25(24)21(23)30)8-13-16(27)9-14(22)19(28)18(13)17(12)10-2-4-11(26)5-3-10/h2-6,9,15,17,26H,7-8H2,1H3/t15-,17+/m1/s1. The number of phenolic OH excluding ortho intramolecular Hbond substituents is 1. The Morgan fingerprint density at radius 2 is 1.77 bits per heavy atom. The molecule has 0 radical (unpaired) electrons. The number of hydrogen-bond donors (Lipinski definition) is 1. The van der Waals surface area contributed by atoms with Crippen molar-refractivity contribution in [3.63, 3.8) is 0 Å². The maximum Gasteiger partial charge on any atom is 0.347 e. The van der Waals surface area contributed by atoms with Crippen LogP contribution in [0.3, 0.4) is 0 Å². The Labute approximate surface area is 183 Å². The number of halogens is 1. The van der Waals surface area contributed by atoms with Crippen LogP contribution in [0.2, 0.25) is 0 Å². The number of Topliss-reactive ketones (excluding diaryl/α,β-unsaturated/α-hetero) is 1. The van der Waals surface area contributed by atoms with Gasteiger partial charge >= 0.3 is 11.4 Å². The van der Waals surface area contributed by atoms with E-state index in [1.807, 2.05) is 28.7 Å². The molecule has 0 saturated heterocycles. The number of hydrogen-bond acceptors (Lipinski definition) is 5. The first kappa shape index (κ1) is 19.0. The number of ketones is 2. The third-order valence-corrected chi connectivity index (χ3v) is 6.82. The van der Waals surface area contributed by atoms with Crippen molar-refractivity contribution in [3.8, 4) is 5.75 Å². The minimum Gasteiger partial charge on any atom is -0.508 e. The molecule has 152 valence electrons. The summed E-state index contributed by atoms with van der Waals surface area (Å²) in [7, 11) is 1.42. The average Bonchev–Trinajstić information content (AvgIpc) is 2.95. The third kappa shape index (κ3) is 2.51. The number of carbonyl (C=O) groups is 2. The number of fused-ring (bicyclic) bond motifs is 3. The highest BCUT2D eigenvalue weighted by Gasteiger charge is 2.44. The van der Waals surface area contributed by atoms with Gasteiger partial charge in [-0.1, -0.05) is 18.2 Å². The highest BCUT2D eigenvalue weighted by molar-refractivity contribution is 14.1. The van der Waals surface area contributed by atoms with Gasteiger partial charge in [-0.15, -0.1) is 0 Å². The SMILES string of the molecule is Cn1c(=O)n2n(c1=O)[C@@H]1CC3=C(C(=O)C(I)=CC3=O)[C@@H](c3ccc(O)cc3)C1=CC2. The first-order chi connectivity index (χ1) is 14.3. The number of allylic oxidation sites excluding steroid dienone is 6. The van der Waals surface area contributed by atoms with E-state index >= 15 is 0 Å². The van der Waals surface area contributed by atoms with E-state index in [-0.39, 0.29) is 30.3 Å². The zero-order valence-corrected chi connectivity index (χ0v) is 18.0. The van der Waals surface area contributed by atoms with E-state index in [0.717, 1.165) is 15.7 Å². The molecule has 1 aromatic carbocycles. The Morgan fingerprint density at radius 3 is 2.47 bits per heavy atom. The van der Waals surface area contributed by atoms with Crippen molar-refractivity contribution in [2.75, 3.05) is 0 Å². The molecule has 0 fully saturated rings. The van der Waals surface area contributed by atoms with Gasteiger partial charge in [0.2, 0.25) is 0 Å². The minimum absolute atomic E-state index is 0.0894. The van der Waals surface area contributed by atoms with Gasteiger partial charge in [-0.25, -0.2) is 23.5 Å². The summed E-state index contributed by atoms with van der Waals surface area (Å²) >= 11 is 1.88. The number of aromatic nitrogens is 3. The Balaban J connectivity index is 1.79. The summed E-state index contributed by atoms with van der Waals surface area (Å²) in [5.74, 6) is -0.900. The lowest BCUT2D eigenvalue weighted by Gasteiger charge is -2.39. The molecule has 0 spiro atoms. The topological polar surface area (TPSA) is 103 Å². The quantitative estimate of drug-likeness (QED) is 0.351. The molecule has 3 aliphatic rings. The van der Waals surface area contributed by atoms with Crippen LogP contribution in [-0.2, 0) is 23.2 Å². The fourth-order valence-corrected chi connectivity index (χ4v) is 5.20. The molecule has 2 atom stereocenters. The van der Waals surface area contributed by atoms with Gasteiger partial charge in [-0.3, -0.25) is 9.59 Å². The van der Waals surface area contributed by atoms with E-state index in [1.165, 1.54) is 34.6 Å². The number of aromatic hydroxyl groups is 1. The van der Waals surface area contributed by atoms with Crippen molar-refractivity contribution in [1.29, 1.82) is 0 Å². The van der Waals surface area contributed by atoms with Crippen LogP contribution in [0, 0.1) is 0 Å². The Morgan fingerprint density at radius 1 is 1.07 bits per heavy atom. The second-order valence-corrected chi connectivity index (χ2v) is 8.74. The van der Waals surface area contributed by atoms with Crippen LogP contribution in [-0.4, -0.2) is 30.6 Å². The van der Waals surface area contributed by atoms with Gasteiger partial charge in [0.05, 0.1) is 16.2 Å².